The zero-order valence-electron chi connectivity index (χ0n) is 14.9. The van der Waals surface area contributed by atoms with Gasteiger partial charge in [-0.1, -0.05) is 11.6 Å². The number of nitrogens with one attached hydrogen (secondary N) is 2. The maximum atomic E-state index is 12.2. The van der Waals surface area contributed by atoms with Crippen molar-refractivity contribution < 1.29 is 39.6 Å². The van der Waals surface area contributed by atoms with Crippen LogP contribution in [0.5, 0.6) is 11.5 Å². The lowest BCUT2D eigenvalue weighted by atomic mass is 10.1. The molecule has 0 fully saturated rings. The number of hydrogen-bond acceptors (Lipinski definition) is 8. The van der Waals surface area contributed by atoms with Crippen molar-refractivity contribution in [2.75, 3.05) is 12.3 Å². The largest absolute Gasteiger partial charge is 0.507 e. The number of benzene rings is 1. The lowest BCUT2D eigenvalue weighted by Gasteiger charge is -2.19. The monoisotopic (exact) mass is 449 g/mol. The van der Waals surface area contributed by atoms with Crippen LogP contribution in [-0.2, 0) is 19.2 Å². The summed E-state index contributed by atoms with van der Waals surface area (Å²) in [5, 5.41) is 41.2. The number of aromatic hydroxyl groups is 2. The summed E-state index contributed by atoms with van der Waals surface area (Å²) in [6.45, 7) is -0.683. The molecule has 0 spiro atoms. The van der Waals surface area contributed by atoms with E-state index in [4.69, 9.17) is 27.5 Å². The molecule has 29 heavy (non-hydrogen) atoms. The first kappa shape index (κ1) is 24.3. The Morgan fingerprint density at radius 1 is 1.14 bits per heavy atom. The lowest BCUT2D eigenvalue weighted by molar-refractivity contribution is -0.139. The highest BCUT2D eigenvalue weighted by Gasteiger charge is 2.24. The van der Waals surface area contributed by atoms with Crippen LogP contribution >= 0.6 is 23.4 Å². The molecule has 2 unspecified atom stereocenters. The topological polar surface area (TPSA) is 199 Å². The third-order valence-corrected chi connectivity index (χ3v) is 5.21. The minimum absolute atomic E-state index is 0.0600. The molecule has 1 aromatic rings. The van der Waals surface area contributed by atoms with E-state index in [1.807, 2.05) is 0 Å². The van der Waals surface area contributed by atoms with Gasteiger partial charge in [-0.15, -0.1) is 11.8 Å². The zero-order chi connectivity index (χ0) is 22.1. The number of phenolic OH excluding ortho intramolecular Hbond substituents is 2. The third-order valence-electron chi connectivity index (χ3n) is 3.52. The summed E-state index contributed by atoms with van der Waals surface area (Å²) < 4.78 is 0. The number of hydrogen-bond donors (Lipinski definition) is 7. The second-order valence-electron chi connectivity index (χ2n) is 5.77. The van der Waals surface area contributed by atoms with E-state index in [9.17, 15) is 29.4 Å². The molecule has 2 atom stereocenters. The average Bonchev–Trinajstić information content (AvgIpc) is 2.65. The van der Waals surface area contributed by atoms with Crippen LogP contribution in [-0.4, -0.2) is 68.6 Å². The van der Waals surface area contributed by atoms with Gasteiger partial charge in [0.2, 0.25) is 11.8 Å². The second-order valence-corrected chi connectivity index (χ2v) is 7.18. The lowest BCUT2D eigenvalue weighted by Crippen LogP contribution is -2.49. The number of carbonyl (C=O) groups is 4. The molecule has 0 saturated carbocycles. The smallest absolute Gasteiger partial charge is 0.322 e. The van der Waals surface area contributed by atoms with E-state index in [-0.39, 0.29) is 40.0 Å². The number of halogens is 1. The van der Waals surface area contributed by atoms with Crippen molar-refractivity contribution in [2.45, 2.75) is 29.8 Å². The molecule has 1 rings (SSSR count). The summed E-state index contributed by atoms with van der Waals surface area (Å²) in [6, 6.07) is -0.121. The second kappa shape index (κ2) is 11.3. The first-order chi connectivity index (χ1) is 13.5. The van der Waals surface area contributed by atoms with Crippen molar-refractivity contribution in [2.24, 2.45) is 5.73 Å². The molecule has 0 aliphatic rings. The van der Waals surface area contributed by atoms with Crippen molar-refractivity contribution in [3.63, 3.8) is 0 Å². The Morgan fingerprint density at radius 2 is 1.76 bits per heavy atom. The van der Waals surface area contributed by atoms with E-state index >= 15 is 0 Å². The fraction of sp³-hybridized carbons (Fsp3) is 0.375. The number of phenols is 2. The van der Waals surface area contributed by atoms with Crippen LogP contribution in [0.15, 0.2) is 17.0 Å². The van der Waals surface area contributed by atoms with Crippen LogP contribution in [0.2, 0.25) is 5.02 Å². The van der Waals surface area contributed by atoms with E-state index in [2.05, 4.69) is 10.6 Å². The van der Waals surface area contributed by atoms with Crippen LogP contribution in [0.3, 0.4) is 0 Å². The predicted molar refractivity (Wildman–Crippen MR) is 103 cm³/mol. The van der Waals surface area contributed by atoms with E-state index < -0.39 is 42.4 Å². The minimum Gasteiger partial charge on any atom is -0.507 e. The quantitative estimate of drug-likeness (QED) is 0.174. The molecule has 2 amide bonds. The maximum absolute atomic E-state index is 12.2. The van der Waals surface area contributed by atoms with Gasteiger partial charge in [0.15, 0.2) is 0 Å². The Labute approximate surface area is 174 Å². The molecule has 0 heterocycles. The average molecular weight is 450 g/mol. The molecular weight excluding hydrogens is 430 g/mol. The summed E-state index contributed by atoms with van der Waals surface area (Å²) in [5.74, 6) is -4.79. The van der Waals surface area contributed by atoms with Gasteiger partial charge in [0, 0.05) is 12.2 Å². The Balaban J connectivity index is 2.84. The highest BCUT2D eigenvalue weighted by Crippen LogP contribution is 2.40. The van der Waals surface area contributed by atoms with Gasteiger partial charge >= 0.3 is 11.9 Å². The van der Waals surface area contributed by atoms with E-state index in [0.29, 0.717) is 0 Å². The fourth-order valence-electron chi connectivity index (χ4n) is 1.98. The Kier molecular flexibility index (Phi) is 9.51. The molecule has 13 heteroatoms. The molecule has 0 bridgehead atoms. The molecule has 0 aliphatic heterocycles. The van der Waals surface area contributed by atoms with Crippen molar-refractivity contribution in [3.8, 4) is 11.5 Å². The number of carbonyl (C=O) groups excluding carboxylic acids is 2. The van der Waals surface area contributed by atoms with Gasteiger partial charge in [-0.25, -0.2) is 0 Å². The summed E-state index contributed by atoms with van der Waals surface area (Å²) in [4.78, 5) is 45.7. The molecule has 1 aromatic carbocycles. The van der Waals surface area contributed by atoms with Gasteiger partial charge in [-0.3, -0.25) is 19.2 Å². The van der Waals surface area contributed by atoms with E-state index in [1.54, 1.807) is 0 Å². The van der Waals surface area contributed by atoms with Gasteiger partial charge in [0.1, 0.15) is 30.1 Å². The molecule has 0 aromatic heterocycles. The number of amides is 2. The van der Waals surface area contributed by atoms with Crippen LogP contribution in [0, 0.1) is 0 Å². The van der Waals surface area contributed by atoms with Crippen molar-refractivity contribution in [1.29, 1.82) is 0 Å². The third kappa shape index (κ3) is 8.05. The summed E-state index contributed by atoms with van der Waals surface area (Å²) in [5.41, 5.74) is 5.32. The Hall–Kier alpha value is -2.70. The summed E-state index contributed by atoms with van der Waals surface area (Å²) in [7, 11) is 0. The minimum atomic E-state index is -1.29. The Morgan fingerprint density at radius 3 is 2.34 bits per heavy atom. The van der Waals surface area contributed by atoms with E-state index in [0.717, 1.165) is 11.8 Å². The van der Waals surface area contributed by atoms with Gasteiger partial charge < -0.3 is 36.8 Å². The first-order valence-corrected chi connectivity index (χ1v) is 9.49. The number of rotatable bonds is 11. The van der Waals surface area contributed by atoms with Gasteiger partial charge in [-0.05, 0) is 18.6 Å². The van der Waals surface area contributed by atoms with Crippen LogP contribution in [0.4, 0.5) is 0 Å². The number of carboxylic acids is 2. The number of carboxylic acid groups (broad SMARTS) is 2. The number of thioether (sulfide) groups is 1. The molecule has 0 radical (unpaired) electrons. The molecule has 0 aliphatic carbocycles. The van der Waals surface area contributed by atoms with Crippen molar-refractivity contribution >= 4 is 47.1 Å². The summed E-state index contributed by atoms with van der Waals surface area (Å²) in [6.07, 6.45) is -0.448. The van der Waals surface area contributed by atoms with Crippen LogP contribution in [0.25, 0.3) is 0 Å². The van der Waals surface area contributed by atoms with Crippen LogP contribution in [0.1, 0.15) is 12.8 Å². The van der Waals surface area contributed by atoms with Gasteiger partial charge in [-0.2, -0.15) is 0 Å². The molecular formula is C16H20ClN3O8S. The highest BCUT2D eigenvalue weighted by atomic mass is 35.5. The Bertz CT molecular complexity index is 792. The predicted octanol–water partition coefficient (Wildman–Crippen LogP) is -0.279. The normalized spacial score (nSPS) is 12.6. The first-order valence-electron chi connectivity index (χ1n) is 8.13. The molecule has 11 nitrogen and oxygen atoms in total. The van der Waals surface area contributed by atoms with E-state index in [1.165, 1.54) is 12.1 Å². The van der Waals surface area contributed by atoms with Crippen LogP contribution < -0.4 is 16.4 Å². The number of nitrogens with two attached hydrogens (primary N) is 1. The fourth-order valence-corrected chi connectivity index (χ4v) is 3.32. The molecule has 8 N–H and O–H groups in total. The SMILES string of the molecule is NC(CCC(=O)NC(CSc1c(O)ccc(O)c1Cl)C(=O)NCC(=O)O)C(=O)O. The molecule has 0 saturated heterocycles. The summed E-state index contributed by atoms with van der Waals surface area (Å²) >= 11 is 6.76. The zero-order valence-corrected chi connectivity index (χ0v) is 16.5. The van der Waals surface area contributed by atoms with Gasteiger partial charge in [0.05, 0.1) is 9.92 Å². The highest BCUT2D eigenvalue weighted by molar-refractivity contribution is 7.99. The van der Waals surface area contributed by atoms with Crippen molar-refractivity contribution in [3.05, 3.63) is 17.2 Å². The number of aliphatic carboxylic acids is 2. The molecule has 160 valence electrons. The standard InChI is InChI=1S/C16H20ClN3O8S/c17-13-9(21)2-3-10(22)14(13)29-6-8(15(26)19-5-12(24)25)20-11(23)4-1-7(18)16(27)28/h2-3,7-8,21-22H,1,4-6,18H2,(H,19,26)(H,20,23)(H,24,25)(H,27,28). The van der Waals surface area contributed by atoms with Gasteiger partial charge in [0.25, 0.3) is 0 Å². The maximum Gasteiger partial charge on any atom is 0.322 e. The van der Waals surface area contributed by atoms with Crippen molar-refractivity contribution in [1.82, 2.24) is 10.6 Å².